The zero-order valence-electron chi connectivity index (χ0n) is 12.8. The Morgan fingerprint density at radius 2 is 1.81 bits per heavy atom. The number of unbranched alkanes of at least 4 members (excludes halogenated alkanes) is 1. The van der Waals surface area contributed by atoms with Gasteiger partial charge in [-0.1, -0.05) is 12.8 Å². The molecule has 1 aliphatic rings. The largest absolute Gasteiger partial charge is 0.481 e. The van der Waals surface area contributed by atoms with Crippen molar-refractivity contribution in [3.8, 4) is 0 Å². The molecule has 1 fully saturated rings. The average Bonchev–Trinajstić information content (AvgIpc) is 2.49. The number of carboxylic acid groups (broad SMARTS) is 1. The molecule has 0 aromatic rings. The van der Waals surface area contributed by atoms with Gasteiger partial charge in [-0.15, -0.1) is 0 Å². The van der Waals surface area contributed by atoms with Crippen LogP contribution in [0.25, 0.3) is 0 Å². The molecule has 0 bridgehead atoms. The fraction of sp³-hybridized carbons (Fsp3) is 0.867. The number of carboxylic acids is 1. The molecule has 2 N–H and O–H groups in total. The van der Waals surface area contributed by atoms with Crippen molar-refractivity contribution < 1.29 is 24.2 Å². The average molecular weight is 301 g/mol. The number of hydrogen-bond donors (Lipinski definition) is 2. The molecule has 1 rings (SSSR count). The van der Waals surface area contributed by atoms with Crippen LogP contribution in [-0.2, 0) is 19.1 Å². The summed E-state index contributed by atoms with van der Waals surface area (Å²) in [4.78, 5) is 23.2. The van der Waals surface area contributed by atoms with E-state index in [4.69, 9.17) is 14.6 Å². The van der Waals surface area contributed by atoms with Gasteiger partial charge in [0.15, 0.2) is 0 Å². The molecule has 1 aliphatic carbocycles. The number of ether oxygens (including phenoxy) is 2. The van der Waals surface area contributed by atoms with E-state index in [2.05, 4.69) is 5.32 Å². The monoisotopic (exact) mass is 301 g/mol. The molecule has 0 aromatic carbocycles. The normalized spacial score (nSPS) is 22.0. The van der Waals surface area contributed by atoms with E-state index in [0.29, 0.717) is 39.2 Å². The topological polar surface area (TPSA) is 84.9 Å². The van der Waals surface area contributed by atoms with Gasteiger partial charge < -0.3 is 19.9 Å². The lowest BCUT2D eigenvalue weighted by molar-refractivity contribution is -0.148. The van der Waals surface area contributed by atoms with Gasteiger partial charge in [-0.2, -0.15) is 0 Å². The Hall–Kier alpha value is -1.14. The Morgan fingerprint density at radius 1 is 1.10 bits per heavy atom. The summed E-state index contributed by atoms with van der Waals surface area (Å²) in [6, 6.07) is 0. The zero-order chi connectivity index (χ0) is 15.5. The number of aliphatic carboxylic acids is 1. The van der Waals surface area contributed by atoms with E-state index in [1.165, 1.54) is 0 Å². The summed E-state index contributed by atoms with van der Waals surface area (Å²) >= 11 is 0. The summed E-state index contributed by atoms with van der Waals surface area (Å²) in [7, 11) is 1.63. The third kappa shape index (κ3) is 6.91. The molecule has 21 heavy (non-hydrogen) atoms. The molecule has 0 spiro atoms. The molecular formula is C15H27NO5. The van der Waals surface area contributed by atoms with Gasteiger partial charge in [-0.05, 0) is 25.7 Å². The number of carbonyl (C=O) groups excluding carboxylic acids is 1. The van der Waals surface area contributed by atoms with E-state index >= 15 is 0 Å². The van der Waals surface area contributed by atoms with Crippen molar-refractivity contribution in [1.82, 2.24) is 5.32 Å². The molecule has 0 heterocycles. The molecule has 1 saturated carbocycles. The maximum Gasteiger partial charge on any atom is 0.307 e. The Balaban J connectivity index is 2.13. The van der Waals surface area contributed by atoms with Crippen molar-refractivity contribution in [2.24, 2.45) is 11.8 Å². The molecule has 0 radical (unpaired) electrons. The molecule has 2 unspecified atom stereocenters. The second-order valence-corrected chi connectivity index (χ2v) is 5.44. The first-order valence-electron chi connectivity index (χ1n) is 7.74. The van der Waals surface area contributed by atoms with E-state index in [-0.39, 0.29) is 11.8 Å². The maximum atomic E-state index is 12.1. The Labute approximate surface area is 126 Å². The van der Waals surface area contributed by atoms with Crippen molar-refractivity contribution in [3.05, 3.63) is 0 Å². The van der Waals surface area contributed by atoms with Gasteiger partial charge in [0.05, 0.1) is 25.0 Å². The van der Waals surface area contributed by atoms with Crippen molar-refractivity contribution in [2.45, 2.75) is 38.5 Å². The third-order valence-corrected chi connectivity index (χ3v) is 3.87. The second-order valence-electron chi connectivity index (χ2n) is 5.44. The molecule has 0 aromatic heterocycles. The molecule has 6 nitrogen and oxygen atoms in total. The van der Waals surface area contributed by atoms with Crippen molar-refractivity contribution >= 4 is 11.9 Å². The van der Waals surface area contributed by atoms with Gasteiger partial charge in [0.1, 0.15) is 0 Å². The van der Waals surface area contributed by atoms with Gasteiger partial charge >= 0.3 is 5.97 Å². The zero-order valence-corrected chi connectivity index (χ0v) is 12.8. The number of nitrogens with one attached hydrogen (secondary N) is 1. The van der Waals surface area contributed by atoms with Crippen molar-refractivity contribution in [2.75, 3.05) is 33.5 Å². The highest BCUT2D eigenvalue weighted by atomic mass is 16.5. The second kappa shape index (κ2) is 10.6. The van der Waals surface area contributed by atoms with Crippen molar-refractivity contribution in [1.29, 1.82) is 0 Å². The van der Waals surface area contributed by atoms with E-state index < -0.39 is 11.9 Å². The standard InChI is InChI=1S/C15H27NO5/c1-20-10-11-21-9-5-4-8-16-14(17)12-6-2-3-7-13(12)15(18)19/h12-13H,2-11H2,1H3,(H,16,17)(H,18,19). The van der Waals surface area contributed by atoms with Crippen LogP contribution in [0.5, 0.6) is 0 Å². The quantitative estimate of drug-likeness (QED) is 0.596. The molecule has 1 amide bonds. The lowest BCUT2D eigenvalue weighted by Gasteiger charge is -2.27. The molecule has 0 aliphatic heterocycles. The minimum Gasteiger partial charge on any atom is -0.481 e. The van der Waals surface area contributed by atoms with Crippen LogP contribution in [0, 0.1) is 11.8 Å². The van der Waals surface area contributed by atoms with Crippen LogP contribution < -0.4 is 5.32 Å². The first kappa shape index (κ1) is 17.9. The lowest BCUT2D eigenvalue weighted by atomic mass is 9.78. The highest BCUT2D eigenvalue weighted by Crippen LogP contribution is 2.30. The van der Waals surface area contributed by atoms with Crippen LogP contribution in [-0.4, -0.2) is 50.5 Å². The number of rotatable bonds is 10. The van der Waals surface area contributed by atoms with E-state index in [0.717, 1.165) is 25.7 Å². The fourth-order valence-corrected chi connectivity index (χ4v) is 2.66. The summed E-state index contributed by atoms with van der Waals surface area (Å²) in [5, 5.41) is 12.0. The van der Waals surface area contributed by atoms with Gasteiger partial charge in [-0.25, -0.2) is 0 Å². The highest BCUT2D eigenvalue weighted by Gasteiger charge is 2.35. The molecule has 0 saturated heterocycles. The molecular weight excluding hydrogens is 274 g/mol. The summed E-state index contributed by atoms with van der Waals surface area (Å²) in [5.74, 6) is -1.84. The molecule has 2 atom stereocenters. The summed E-state index contributed by atoms with van der Waals surface area (Å²) < 4.78 is 10.2. The van der Waals surface area contributed by atoms with Crippen molar-refractivity contribution in [3.63, 3.8) is 0 Å². The van der Waals surface area contributed by atoms with Crippen LogP contribution in [0.1, 0.15) is 38.5 Å². The number of methoxy groups -OCH3 is 1. The maximum absolute atomic E-state index is 12.1. The summed E-state index contributed by atoms with van der Waals surface area (Å²) in [6.07, 6.45) is 4.85. The van der Waals surface area contributed by atoms with Crippen LogP contribution in [0.2, 0.25) is 0 Å². The SMILES string of the molecule is COCCOCCCCNC(=O)C1CCCCC1C(=O)O. The Morgan fingerprint density at radius 3 is 2.48 bits per heavy atom. The Kier molecular flexibility index (Phi) is 9.01. The van der Waals surface area contributed by atoms with Gasteiger partial charge in [0, 0.05) is 20.3 Å². The Bertz CT molecular complexity index is 321. The number of amides is 1. The smallest absolute Gasteiger partial charge is 0.307 e. The first-order valence-corrected chi connectivity index (χ1v) is 7.74. The molecule has 122 valence electrons. The number of hydrogen-bond acceptors (Lipinski definition) is 4. The van der Waals surface area contributed by atoms with Gasteiger partial charge in [0.25, 0.3) is 0 Å². The fourth-order valence-electron chi connectivity index (χ4n) is 2.66. The minimum absolute atomic E-state index is 0.109. The van der Waals surface area contributed by atoms with Gasteiger partial charge in [-0.3, -0.25) is 9.59 Å². The van der Waals surface area contributed by atoms with E-state index in [9.17, 15) is 9.59 Å². The minimum atomic E-state index is -0.846. The number of carbonyl (C=O) groups is 2. The van der Waals surface area contributed by atoms with Crippen LogP contribution in [0.4, 0.5) is 0 Å². The van der Waals surface area contributed by atoms with Crippen LogP contribution >= 0.6 is 0 Å². The predicted octanol–water partition coefficient (Wildman–Crippen LogP) is 1.44. The summed E-state index contributed by atoms with van der Waals surface area (Å²) in [5.41, 5.74) is 0. The first-order chi connectivity index (χ1) is 10.2. The van der Waals surface area contributed by atoms with Crippen LogP contribution in [0.15, 0.2) is 0 Å². The van der Waals surface area contributed by atoms with E-state index in [1.54, 1.807) is 7.11 Å². The summed E-state index contributed by atoms with van der Waals surface area (Å²) in [6.45, 7) is 2.41. The van der Waals surface area contributed by atoms with Gasteiger partial charge in [0.2, 0.25) is 5.91 Å². The van der Waals surface area contributed by atoms with Crippen LogP contribution in [0.3, 0.4) is 0 Å². The van der Waals surface area contributed by atoms with E-state index in [1.807, 2.05) is 0 Å². The highest BCUT2D eigenvalue weighted by molar-refractivity contribution is 5.84. The predicted molar refractivity (Wildman–Crippen MR) is 78.0 cm³/mol. The third-order valence-electron chi connectivity index (χ3n) is 3.87. The molecule has 6 heteroatoms. The lowest BCUT2D eigenvalue weighted by Crippen LogP contribution is -2.40.